The van der Waals surface area contributed by atoms with E-state index in [1.165, 1.54) is 327 Å². The maximum absolute atomic E-state index is 12.9. The number of quaternary nitrogens is 1. The summed E-state index contributed by atoms with van der Waals surface area (Å²) < 4.78 is 23.0. The van der Waals surface area contributed by atoms with Gasteiger partial charge in [-0.05, 0) is 38.5 Å². The predicted octanol–water partition coefficient (Wildman–Crippen LogP) is 23.2. The molecule has 0 aromatic carbocycles. The lowest BCUT2D eigenvalue weighted by molar-refractivity contribution is -0.870. The minimum atomic E-state index is -1.51. The van der Waals surface area contributed by atoms with Crippen LogP contribution in [-0.2, 0) is 33.3 Å². The van der Waals surface area contributed by atoms with Crippen LogP contribution >= 0.6 is 0 Å². The highest BCUT2D eigenvalue weighted by molar-refractivity contribution is 5.71. The maximum Gasteiger partial charge on any atom is 0.361 e. The van der Waals surface area contributed by atoms with E-state index >= 15 is 0 Å². The van der Waals surface area contributed by atoms with E-state index < -0.39 is 18.4 Å². The third-order valence-electron chi connectivity index (χ3n) is 17.3. The van der Waals surface area contributed by atoms with Crippen molar-refractivity contribution in [3.63, 3.8) is 0 Å². The number of nitrogens with zero attached hydrogens (tertiary/aromatic N) is 1. The van der Waals surface area contributed by atoms with E-state index in [0.717, 1.165) is 38.5 Å². The average molecular weight is 1190 g/mol. The van der Waals surface area contributed by atoms with Crippen LogP contribution in [0.2, 0.25) is 0 Å². The lowest BCUT2D eigenvalue weighted by atomic mass is 10.0. The molecule has 0 saturated heterocycles. The van der Waals surface area contributed by atoms with Gasteiger partial charge < -0.3 is 28.5 Å². The van der Waals surface area contributed by atoms with E-state index in [1.807, 2.05) is 21.1 Å². The summed E-state index contributed by atoms with van der Waals surface area (Å²) in [6.07, 6.45) is 79.3. The number of aliphatic carboxylic acids is 1. The molecule has 2 atom stereocenters. The van der Waals surface area contributed by atoms with Crippen molar-refractivity contribution in [2.75, 3.05) is 47.5 Å². The second-order valence-electron chi connectivity index (χ2n) is 27.0. The third-order valence-corrected chi connectivity index (χ3v) is 17.3. The van der Waals surface area contributed by atoms with Crippen LogP contribution < -0.4 is 0 Å². The Morgan fingerprint density at radius 1 is 0.345 bits per heavy atom. The highest BCUT2D eigenvalue weighted by atomic mass is 16.7. The molecule has 0 aromatic rings. The molecule has 0 aromatic heterocycles. The smallest absolute Gasteiger partial charge is 0.361 e. The first-order valence-electron chi connectivity index (χ1n) is 37.4. The summed E-state index contributed by atoms with van der Waals surface area (Å²) in [6, 6.07) is 0. The van der Waals surface area contributed by atoms with Gasteiger partial charge in [0, 0.05) is 12.8 Å². The van der Waals surface area contributed by atoms with Crippen molar-refractivity contribution in [3.05, 3.63) is 12.2 Å². The monoisotopic (exact) mass is 1190 g/mol. The molecule has 84 heavy (non-hydrogen) atoms. The molecular weight excluding hydrogens is 1040 g/mol. The molecule has 0 radical (unpaired) electrons. The van der Waals surface area contributed by atoms with E-state index in [2.05, 4.69) is 26.0 Å². The Labute approximate surface area is 523 Å². The molecule has 1 N–H and O–H groups in total. The molecule has 0 heterocycles. The van der Waals surface area contributed by atoms with E-state index in [-0.39, 0.29) is 38.2 Å². The number of esters is 2. The first-order chi connectivity index (χ1) is 41.1. The van der Waals surface area contributed by atoms with Gasteiger partial charge in [-0.2, -0.15) is 0 Å². The number of allylic oxidation sites excluding steroid dienone is 2. The summed E-state index contributed by atoms with van der Waals surface area (Å²) >= 11 is 0. The van der Waals surface area contributed by atoms with Gasteiger partial charge in [0.05, 0.1) is 34.4 Å². The zero-order valence-corrected chi connectivity index (χ0v) is 57.1. The quantitative estimate of drug-likeness (QED) is 0.0211. The first kappa shape index (κ1) is 82.0. The van der Waals surface area contributed by atoms with Gasteiger partial charge in [0.2, 0.25) is 0 Å². The Morgan fingerprint density at radius 3 is 0.881 bits per heavy atom. The second kappa shape index (κ2) is 67.0. The van der Waals surface area contributed by atoms with E-state index in [4.69, 9.17) is 18.9 Å². The Hall–Kier alpha value is -1.97. The molecule has 0 aliphatic carbocycles. The average Bonchev–Trinajstić information content (AvgIpc) is 3.52. The minimum absolute atomic E-state index is 0.174. The van der Waals surface area contributed by atoms with Crippen molar-refractivity contribution in [2.24, 2.45) is 0 Å². The van der Waals surface area contributed by atoms with Crippen LogP contribution in [0.5, 0.6) is 0 Å². The summed E-state index contributed by atoms with van der Waals surface area (Å²) in [5.41, 5.74) is 0. The predicted molar refractivity (Wildman–Crippen MR) is 360 cm³/mol. The Morgan fingerprint density at radius 2 is 0.607 bits per heavy atom. The van der Waals surface area contributed by atoms with E-state index in [9.17, 15) is 19.5 Å². The molecule has 498 valence electrons. The second-order valence-corrected chi connectivity index (χ2v) is 27.0. The fourth-order valence-electron chi connectivity index (χ4n) is 11.5. The van der Waals surface area contributed by atoms with Crippen LogP contribution in [0.25, 0.3) is 0 Å². The zero-order chi connectivity index (χ0) is 61.2. The standard InChI is InChI=1S/C75H145NO8/c1-6-8-10-12-14-16-18-20-22-24-26-28-30-32-33-34-35-36-37-38-39-40-42-43-45-47-49-51-53-55-57-59-61-63-65-72(77)82-69-71(70-83-75(74(79)80)81-68-67-76(3,4)5)84-73(78)66-64-62-60-58-56-54-52-50-48-46-44-41-31-29-27-25-23-21-19-17-15-13-11-9-7-2/h25,27,71,75H,6-24,26,28-70H2,1-5H3/p+1/b27-25-. The summed E-state index contributed by atoms with van der Waals surface area (Å²) in [4.78, 5) is 37.6. The number of carbonyl (C=O) groups excluding carboxylic acids is 2. The molecule has 0 amide bonds. The number of hydrogen-bond donors (Lipinski definition) is 1. The minimum Gasteiger partial charge on any atom is -0.477 e. The number of carboxylic acids is 1. The van der Waals surface area contributed by atoms with Crippen molar-refractivity contribution in [1.82, 2.24) is 0 Å². The number of likely N-dealkylation sites (N-methyl/N-ethyl adjacent to an activating group) is 1. The van der Waals surface area contributed by atoms with E-state index in [1.54, 1.807) is 0 Å². The summed E-state index contributed by atoms with van der Waals surface area (Å²) in [6.45, 7) is 4.96. The molecule has 0 bridgehead atoms. The number of hydrogen-bond acceptors (Lipinski definition) is 7. The van der Waals surface area contributed by atoms with E-state index in [0.29, 0.717) is 17.4 Å². The zero-order valence-electron chi connectivity index (χ0n) is 57.1. The fourth-order valence-corrected chi connectivity index (χ4v) is 11.5. The summed E-state index contributed by atoms with van der Waals surface area (Å²) in [5.74, 6) is -1.97. The van der Waals surface area contributed by atoms with Crippen LogP contribution in [0.1, 0.15) is 393 Å². The fraction of sp³-hybridized carbons (Fsp3) is 0.933. The molecule has 0 aliphatic rings. The summed E-state index contributed by atoms with van der Waals surface area (Å²) in [7, 11) is 6.00. The van der Waals surface area contributed by atoms with Crippen molar-refractivity contribution in [3.8, 4) is 0 Å². The first-order valence-corrected chi connectivity index (χ1v) is 37.4. The van der Waals surface area contributed by atoms with Crippen molar-refractivity contribution >= 4 is 17.9 Å². The number of carbonyl (C=O) groups is 3. The number of carboxylic acid groups (broad SMARTS) is 1. The van der Waals surface area contributed by atoms with Crippen molar-refractivity contribution in [1.29, 1.82) is 0 Å². The van der Waals surface area contributed by atoms with Gasteiger partial charge in [0.25, 0.3) is 6.29 Å². The molecule has 0 saturated carbocycles. The highest BCUT2D eigenvalue weighted by Gasteiger charge is 2.25. The molecule has 9 heteroatoms. The van der Waals surface area contributed by atoms with Gasteiger partial charge in [-0.3, -0.25) is 9.59 Å². The Kier molecular flexibility index (Phi) is 65.4. The van der Waals surface area contributed by atoms with Gasteiger partial charge in [-0.15, -0.1) is 0 Å². The van der Waals surface area contributed by atoms with Gasteiger partial charge in [-0.1, -0.05) is 353 Å². The molecule has 9 nitrogen and oxygen atoms in total. The van der Waals surface area contributed by atoms with Gasteiger partial charge in [-0.25, -0.2) is 4.79 Å². The Balaban J connectivity index is 3.99. The SMILES string of the molecule is CCCCCCCCCC/C=C\CCCCCCCCCCCCCCCC(=O)OC(COC(=O)CCCCCCCCCCCCCCCCCCCCCCCCCCCCCCCCCCCC)COC(OCC[N+](C)(C)C)C(=O)O. The molecule has 0 rings (SSSR count). The largest absolute Gasteiger partial charge is 0.477 e. The number of unbranched alkanes of at least 4 members (excludes halogenated alkanes) is 54. The van der Waals surface area contributed by atoms with Crippen LogP contribution in [-0.4, -0.2) is 87.4 Å². The highest BCUT2D eigenvalue weighted by Crippen LogP contribution is 2.20. The lowest BCUT2D eigenvalue weighted by Gasteiger charge is -2.25. The van der Waals surface area contributed by atoms with Crippen LogP contribution in [0, 0.1) is 0 Å². The molecule has 0 spiro atoms. The lowest BCUT2D eigenvalue weighted by Crippen LogP contribution is -2.40. The molecule has 2 unspecified atom stereocenters. The number of rotatable bonds is 71. The van der Waals surface area contributed by atoms with Crippen LogP contribution in [0.4, 0.5) is 0 Å². The molecule has 0 aliphatic heterocycles. The van der Waals surface area contributed by atoms with Crippen molar-refractivity contribution < 1.29 is 42.9 Å². The van der Waals surface area contributed by atoms with Gasteiger partial charge >= 0.3 is 17.9 Å². The normalized spacial score (nSPS) is 12.6. The third kappa shape index (κ3) is 67.5. The number of ether oxygens (including phenoxy) is 4. The Bertz CT molecular complexity index is 1380. The summed E-state index contributed by atoms with van der Waals surface area (Å²) in [5, 5.41) is 9.75. The van der Waals surface area contributed by atoms with Crippen LogP contribution in [0.3, 0.4) is 0 Å². The van der Waals surface area contributed by atoms with Crippen LogP contribution in [0.15, 0.2) is 12.2 Å². The van der Waals surface area contributed by atoms with Gasteiger partial charge in [0.1, 0.15) is 13.2 Å². The molecule has 0 fully saturated rings. The molecular formula is C75H146NO8+. The maximum atomic E-state index is 12.9. The van der Waals surface area contributed by atoms with Gasteiger partial charge in [0.15, 0.2) is 6.10 Å². The van der Waals surface area contributed by atoms with Crippen molar-refractivity contribution in [2.45, 2.75) is 405 Å². The topological polar surface area (TPSA) is 108 Å².